The SMILES string of the molecule is CCCCCCCCCCNC(=O)[C@H](CC(C)C)NC(=O)[C@H]1OS(=O)O[C@@H]1C(=O)[O-]. The van der Waals surface area contributed by atoms with Gasteiger partial charge in [-0.2, -0.15) is 4.21 Å². The molecule has 0 spiro atoms. The van der Waals surface area contributed by atoms with Gasteiger partial charge in [0.25, 0.3) is 5.91 Å². The number of carboxylic acid groups (broad SMARTS) is 1. The molecule has 1 aliphatic heterocycles. The van der Waals surface area contributed by atoms with Crippen LogP contribution in [-0.4, -0.2) is 46.8 Å². The second-order valence-electron chi connectivity index (χ2n) is 8.01. The molecule has 2 amide bonds. The maximum absolute atomic E-state index is 12.5. The minimum absolute atomic E-state index is 0.107. The molecule has 10 heteroatoms. The first kappa shape index (κ1) is 26.5. The first-order valence-electron chi connectivity index (χ1n) is 10.8. The van der Waals surface area contributed by atoms with Gasteiger partial charge in [0.15, 0.2) is 12.2 Å². The number of rotatable bonds is 15. The highest BCUT2D eigenvalue weighted by atomic mass is 32.2. The molecule has 0 aliphatic carbocycles. The molecule has 1 saturated heterocycles. The Bertz CT molecular complexity index is 586. The van der Waals surface area contributed by atoms with E-state index >= 15 is 0 Å². The Morgan fingerprint density at radius 3 is 2.10 bits per heavy atom. The van der Waals surface area contributed by atoms with E-state index < -0.39 is 41.5 Å². The minimum Gasteiger partial charge on any atom is -0.547 e. The van der Waals surface area contributed by atoms with E-state index in [4.69, 9.17) is 4.18 Å². The molecule has 1 fully saturated rings. The second kappa shape index (κ2) is 14.5. The zero-order chi connectivity index (χ0) is 22.5. The van der Waals surface area contributed by atoms with E-state index in [1.165, 1.54) is 32.1 Å². The molecule has 0 aromatic rings. The van der Waals surface area contributed by atoms with Crippen molar-refractivity contribution in [3.05, 3.63) is 0 Å². The van der Waals surface area contributed by atoms with E-state index in [9.17, 15) is 23.7 Å². The predicted molar refractivity (Wildman–Crippen MR) is 110 cm³/mol. The number of carboxylic acids is 1. The summed E-state index contributed by atoms with van der Waals surface area (Å²) in [5.41, 5.74) is 0. The maximum atomic E-state index is 12.5. The third kappa shape index (κ3) is 9.99. The summed E-state index contributed by atoms with van der Waals surface area (Å²) in [6.07, 6.45) is 6.17. The number of aliphatic carboxylic acids is 1. The molecule has 1 unspecified atom stereocenters. The molecule has 2 N–H and O–H groups in total. The van der Waals surface area contributed by atoms with Gasteiger partial charge in [0, 0.05) is 6.54 Å². The van der Waals surface area contributed by atoms with Gasteiger partial charge in [-0.25, -0.2) is 0 Å². The fourth-order valence-corrected chi connectivity index (χ4v) is 3.94. The third-order valence-corrected chi connectivity index (χ3v) is 5.53. The van der Waals surface area contributed by atoms with Crippen LogP contribution in [0.25, 0.3) is 0 Å². The Morgan fingerprint density at radius 1 is 0.967 bits per heavy atom. The van der Waals surface area contributed by atoms with Gasteiger partial charge in [0.1, 0.15) is 6.04 Å². The van der Waals surface area contributed by atoms with Crippen LogP contribution in [0.4, 0.5) is 0 Å². The molecule has 9 nitrogen and oxygen atoms in total. The van der Waals surface area contributed by atoms with Crippen molar-refractivity contribution in [3.8, 4) is 0 Å². The molecule has 0 aromatic heterocycles. The van der Waals surface area contributed by atoms with Crippen molar-refractivity contribution in [2.75, 3.05) is 6.54 Å². The quantitative estimate of drug-likeness (QED) is 0.356. The summed E-state index contributed by atoms with van der Waals surface area (Å²) < 4.78 is 20.6. The molecule has 0 aromatic carbocycles. The van der Waals surface area contributed by atoms with Crippen LogP contribution < -0.4 is 15.7 Å². The Kier molecular flexibility index (Phi) is 12.8. The minimum atomic E-state index is -2.35. The molecule has 174 valence electrons. The highest BCUT2D eigenvalue weighted by molar-refractivity contribution is 7.75. The van der Waals surface area contributed by atoms with Crippen molar-refractivity contribution < 1.29 is 32.1 Å². The number of nitrogens with one attached hydrogen (secondary N) is 2. The lowest BCUT2D eigenvalue weighted by atomic mass is 10.0. The molecule has 0 saturated carbocycles. The lowest BCUT2D eigenvalue weighted by molar-refractivity contribution is -0.314. The van der Waals surface area contributed by atoms with Gasteiger partial charge < -0.3 is 20.5 Å². The highest BCUT2D eigenvalue weighted by Gasteiger charge is 2.42. The van der Waals surface area contributed by atoms with Crippen LogP contribution in [0.15, 0.2) is 0 Å². The van der Waals surface area contributed by atoms with Crippen molar-refractivity contribution >= 4 is 29.1 Å². The number of amides is 2. The summed E-state index contributed by atoms with van der Waals surface area (Å²) >= 11 is -2.35. The van der Waals surface area contributed by atoms with Crippen molar-refractivity contribution in [1.29, 1.82) is 0 Å². The summed E-state index contributed by atoms with van der Waals surface area (Å²) in [5.74, 6) is -2.82. The molecule has 1 heterocycles. The van der Waals surface area contributed by atoms with Crippen LogP contribution in [0.5, 0.6) is 0 Å². The van der Waals surface area contributed by atoms with Crippen LogP contribution in [0.2, 0.25) is 0 Å². The van der Waals surface area contributed by atoms with Gasteiger partial charge in [0.2, 0.25) is 5.91 Å². The summed E-state index contributed by atoms with van der Waals surface area (Å²) in [4.78, 5) is 36.0. The van der Waals surface area contributed by atoms with Crippen molar-refractivity contribution in [3.63, 3.8) is 0 Å². The highest BCUT2D eigenvalue weighted by Crippen LogP contribution is 2.18. The zero-order valence-electron chi connectivity index (χ0n) is 18.1. The van der Waals surface area contributed by atoms with Crippen molar-refractivity contribution in [2.45, 2.75) is 96.8 Å². The first-order chi connectivity index (χ1) is 14.3. The van der Waals surface area contributed by atoms with E-state index in [-0.39, 0.29) is 11.8 Å². The fraction of sp³-hybridized carbons (Fsp3) is 0.850. The summed E-state index contributed by atoms with van der Waals surface area (Å²) in [6.45, 7) is 6.50. The van der Waals surface area contributed by atoms with Gasteiger partial charge in [0.05, 0.1) is 5.97 Å². The largest absolute Gasteiger partial charge is 0.547 e. The fourth-order valence-electron chi connectivity index (χ4n) is 3.19. The lowest BCUT2D eigenvalue weighted by Gasteiger charge is -2.22. The number of hydrogen-bond donors (Lipinski definition) is 2. The molecular formula is C20H35N2O7S-. The predicted octanol–water partition coefficient (Wildman–Crippen LogP) is 0.887. The van der Waals surface area contributed by atoms with Crippen LogP contribution in [0.1, 0.15) is 78.6 Å². The average molecular weight is 448 g/mol. The van der Waals surface area contributed by atoms with Crippen LogP contribution in [0, 0.1) is 5.92 Å². The van der Waals surface area contributed by atoms with Crippen molar-refractivity contribution in [1.82, 2.24) is 10.6 Å². The normalized spacial score (nSPS) is 22.1. The Labute approximate surface area is 181 Å². The van der Waals surface area contributed by atoms with Crippen LogP contribution in [-0.2, 0) is 34.1 Å². The van der Waals surface area contributed by atoms with E-state index in [0.29, 0.717) is 13.0 Å². The number of hydrogen-bond acceptors (Lipinski definition) is 7. The lowest BCUT2D eigenvalue weighted by Crippen LogP contribution is -2.54. The monoisotopic (exact) mass is 447 g/mol. The van der Waals surface area contributed by atoms with Gasteiger partial charge >= 0.3 is 11.4 Å². The van der Waals surface area contributed by atoms with E-state index in [1.807, 2.05) is 13.8 Å². The van der Waals surface area contributed by atoms with Crippen LogP contribution in [0.3, 0.4) is 0 Å². The van der Waals surface area contributed by atoms with Gasteiger partial charge in [-0.05, 0) is 18.8 Å². The van der Waals surface area contributed by atoms with E-state index in [0.717, 1.165) is 19.3 Å². The Morgan fingerprint density at radius 2 is 1.53 bits per heavy atom. The Balaban J connectivity index is 2.44. The molecule has 0 radical (unpaired) electrons. The summed E-state index contributed by atoms with van der Waals surface area (Å²) in [7, 11) is 0. The molecule has 1 rings (SSSR count). The maximum Gasteiger partial charge on any atom is 0.306 e. The van der Waals surface area contributed by atoms with E-state index in [2.05, 4.69) is 21.7 Å². The molecule has 4 atom stereocenters. The Hall–Kier alpha value is -1.52. The average Bonchev–Trinajstić information content (AvgIpc) is 3.08. The number of carbonyl (C=O) groups excluding carboxylic acids is 3. The molecule has 1 aliphatic rings. The smallest absolute Gasteiger partial charge is 0.306 e. The van der Waals surface area contributed by atoms with Gasteiger partial charge in [-0.1, -0.05) is 65.7 Å². The second-order valence-corrected chi connectivity index (χ2v) is 8.81. The number of unbranched alkanes of at least 4 members (excludes halogenated alkanes) is 7. The third-order valence-electron chi connectivity index (χ3n) is 4.80. The summed E-state index contributed by atoms with van der Waals surface area (Å²) in [5, 5.41) is 16.4. The topological polar surface area (TPSA) is 134 Å². The zero-order valence-corrected chi connectivity index (χ0v) is 19.0. The van der Waals surface area contributed by atoms with E-state index in [1.54, 1.807) is 0 Å². The van der Waals surface area contributed by atoms with Crippen molar-refractivity contribution in [2.24, 2.45) is 5.92 Å². The molecule has 30 heavy (non-hydrogen) atoms. The standard InChI is InChI=1S/C20H36N2O7S/c1-4-5-6-7-8-9-10-11-12-21-18(23)15(13-14(2)3)22-19(24)16-17(20(25)26)29-30(27)28-16/h14-17H,4-13H2,1-3H3,(H,21,23)(H,22,24)(H,25,26)/p-1/t15-,16-,17-,30?/m0/s1. The first-order valence-corrected chi connectivity index (χ1v) is 11.8. The molecule has 0 bridgehead atoms. The van der Waals surface area contributed by atoms with Gasteiger partial charge in [-0.3, -0.25) is 18.0 Å². The summed E-state index contributed by atoms with van der Waals surface area (Å²) in [6, 6.07) is -0.855. The van der Waals surface area contributed by atoms with Gasteiger partial charge in [-0.15, -0.1) is 0 Å². The number of carbonyl (C=O) groups is 3. The van der Waals surface area contributed by atoms with Crippen LogP contribution >= 0.6 is 0 Å². The molecular weight excluding hydrogens is 412 g/mol.